The fourth-order valence-electron chi connectivity index (χ4n) is 2.49. The monoisotopic (exact) mass is 288 g/mol. The van der Waals surface area contributed by atoms with Gasteiger partial charge in [0.15, 0.2) is 4.77 Å². The third-order valence-corrected chi connectivity index (χ3v) is 3.68. The summed E-state index contributed by atoms with van der Waals surface area (Å²) < 4.78 is 10.1. The lowest BCUT2D eigenvalue weighted by Gasteiger charge is -2.14. The van der Waals surface area contributed by atoms with Crippen molar-refractivity contribution in [1.82, 2.24) is 19.3 Å². The summed E-state index contributed by atoms with van der Waals surface area (Å²) in [5.41, 5.74) is 1.99. The van der Waals surface area contributed by atoms with Crippen LogP contribution in [0.4, 0.5) is 0 Å². The highest BCUT2D eigenvalue weighted by atomic mass is 32.1. The van der Waals surface area contributed by atoms with Gasteiger partial charge in [0, 0.05) is 12.4 Å². The minimum Gasteiger partial charge on any atom is -0.494 e. The van der Waals surface area contributed by atoms with E-state index >= 15 is 0 Å². The molecule has 0 spiro atoms. The summed E-state index contributed by atoms with van der Waals surface area (Å²) in [7, 11) is 1.66. The maximum atomic E-state index is 5.45. The second-order valence-corrected chi connectivity index (χ2v) is 5.12. The summed E-state index contributed by atoms with van der Waals surface area (Å²) in [6, 6.07) is 8.06. The summed E-state index contributed by atoms with van der Waals surface area (Å²) in [6.45, 7) is 2.90. The van der Waals surface area contributed by atoms with E-state index in [1.54, 1.807) is 13.3 Å². The number of hydrogen-bond acceptors (Lipinski definition) is 3. The number of hydrogen-bond donors (Lipinski definition) is 1. The molecule has 0 aliphatic carbocycles. The summed E-state index contributed by atoms with van der Waals surface area (Å²) in [4.78, 5) is 3.23. The van der Waals surface area contributed by atoms with Gasteiger partial charge in [0.05, 0.1) is 25.2 Å². The first kappa shape index (κ1) is 12.9. The van der Waals surface area contributed by atoms with Crippen molar-refractivity contribution in [3.05, 3.63) is 41.4 Å². The average Bonchev–Trinajstić information content (AvgIpc) is 3.04. The molecule has 1 N–H and O–H groups in total. The largest absolute Gasteiger partial charge is 0.494 e. The van der Waals surface area contributed by atoms with Crippen molar-refractivity contribution in [2.24, 2.45) is 0 Å². The highest BCUT2D eigenvalue weighted by Gasteiger charge is 2.14. The lowest BCUT2D eigenvalue weighted by molar-refractivity contribution is 0.419. The first-order valence-electron chi connectivity index (χ1n) is 6.45. The Kier molecular flexibility index (Phi) is 3.31. The number of aromatic amines is 1. The van der Waals surface area contributed by atoms with E-state index in [2.05, 4.69) is 21.6 Å². The highest BCUT2D eigenvalue weighted by molar-refractivity contribution is 7.71. The summed E-state index contributed by atoms with van der Waals surface area (Å²) in [6.07, 6.45) is 3.74. The standard InChI is InChI=1S/C14H16N4OS/c1-10(9-17-8-4-7-15-17)18-11-5-3-6-12(19-2)13(11)16-14(18)20/h3-8,10H,9H2,1-2H3,(H,16,20). The van der Waals surface area contributed by atoms with Gasteiger partial charge in [-0.2, -0.15) is 5.10 Å². The third kappa shape index (κ3) is 2.12. The van der Waals surface area contributed by atoms with Crippen LogP contribution in [0.15, 0.2) is 36.7 Å². The number of fused-ring (bicyclic) bond motifs is 1. The topological polar surface area (TPSA) is 47.8 Å². The molecular weight excluding hydrogens is 272 g/mol. The van der Waals surface area contributed by atoms with Crippen LogP contribution in [0.2, 0.25) is 0 Å². The van der Waals surface area contributed by atoms with Gasteiger partial charge in [-0.05, 0) is 37.3 Å². The summed E-state index contributed by atoms with van der Waals surface area (Å²) in [5, 5.41) is 4.24. The number of nitrogens with zero attached hydrogens (tertiary/aromatic N) is 3. The van der Waals surface area contributed by atoms with Crippen LogP contribution < -0.4 is 4.74 Å². The van der Waals surface area contributed by atoms with E-state index in [-0.39, 0.29) is 6.04 Å². The van der Waals surface area contributed by atoms with Crippen molar-refractivity contribution in [2.45, 2.75) is 19.5 Å². The number of ether oxygens (including phenoxy) is 1. The van der Waals surface area contributed by atoms with Gasteiger partial charge in [-0.15, -0.1) is 0 Å². The van der Waals surface area contributed by atoms with E-state index in [1.165, 1.54) is 0 Å². The zero-order valence-electron chi connectivity index (χ0n) is 11.4. The molecule has 1 aromatic carbocycles. The first-order valence-corrected chi connectivity index (χ1v) is 6.86. The Morgan fingerprint density at radius 3 is 2.95 bits per heavy atom. The number of aromatic nitrogens is 4. The molecular formula is C14H16N4OS. The molecule has 0 fully saturated rings. The Morgan fingerprint density at radius 2 is 2.25 bits per heavy atom. The predicted octanol–water partition coefficient (Wildman–Crippen LogP) is 3.17. The fraction of sp³-hybridized carbons (Fsp3) is 0.286. The molecule has 2 heterocycles. The average molecular weight is 288 g/mol. The first-order chi connectivity index (χ1) is 9.70. The van der Waals surface area contributed by atoms with Gasteiger partial charge in [-0.25, -0.2) is 0 Å². The number of rotatable bonds is 4. The molecule has 5 nitrogen and oxygen atoms in total. The maximum absolute atomic E-state index is 5.45. The molecule has 3 rings (SSSR count). The molecule has 104 valence electrons. The summed E-state index contributed by atoms with van der Waals surface area (Å²) in [5.74, 6) is 0.804. The van der Waals surface area contributed by atoms with Gasteiger partial charge in [0.2, 0.25) is 0 Å². The quantitative estimate of drug-likeness (QED) is 0.750. The second kappa shape index (κ2) is 5.13. The van der Waals surface area contributed by atoms with Crippen molar-refractivity contribution < 1.29 is 4.74 Å². The SMILES string of the molecule is COc1cccc2c1[nH]c(=S)n2C(C)Cn1cccn1. The van der Waals surface area contributed by atoms with E-state index in [9.17, 15) is 0 Å². The van der Waals surface area contributed by atoms with Gasteiger partial charge >= 0.3 is 0 Å². The number of imidazole rings is 1. The molecule has 20 heavy (non-hydrogen) atoms. The van der Waals surface area contributed by atoms with Crippen LogP contribution in [-0.4, -0.2) is 26.4 Å². The van der Waals surface area contributed by atoms with Crippen LogP contribution in [0.5, 0.6) is 5.75 Å². The third-order valence-electron chi connectivity index (χ3n) is 3.39. The van der Waals surface area contributed by atoms with Crippen LogP contribution in [0.25, 0.3) is 11.0 Å². The second-order valence-electron chi connectivity index (χ2n) is 4.73. The normalized spacial score (nSPS) is 12.7. The lowest BCUT2D eigenvalue weighted by Crippen LogP contribution is -2.13. The van der Waals surface area contributed by atoms with Crippen molar-refractivity contribution in [3.8, 4) is 5.75 Å². The molecule has 0 amide bonds. The minimum absolute atomic E-state index is 0.197. The molecule has 1 atom stereocenters. The van der Waals surface area contributed by atoms with E-state index in [0.717, 1.165) is 23.3 Å². The fourth-order valence-corrected chi connectivity index (χ4v) is 2.87. The van der Waals surface area contributed by atoms with Crippen molar-refractivity contribution in [3.63, 3.8) is 0 Å². The predicted molar refractivity (Wildman–Crippen MR) is 80.6 cm³/mol. The molecule has 0 aliphatic rings. The van der Waals surface area contributed by atoms with Crippen LogP contribution in [0.1, 0.15) is 13.0 Å². The molecule has 0 saturated heterocycles. The van der Waals surface area contributed by atoms with Crippen molar-refractivity contribution in [2.75, 3.05) is 7.11 Å². The molecule has 0 bridgehead atoms. The zero-order valence-corrected chi connectivity index (χ0v) is 12.2. The summed E-state index contributed by atoms with van der Waals surface area (Å²) >= 11 is 5.45. The Hall–Kier alpha value is -2.08. The Labute approximate surface area is 121 Å². The molecule has 0 saturated carbocycles. The number of nitrogens with one attached hydrogen (secondary N) is 1. The van der Waals surface area contributed by atoms with Gasteiger partial charge in [-0.3, -0.25) is 4.68 Å². The van der Waals surface area contributed by atoms with Crippen molar-refractivity contribution >= 4 is 23.3 Å². The Balaban J connectivity index is 2.07. The van der Waals surface area contributed by atoms with E-state index in [0.29, 0.717) is 4.77 Å². The van der Waals surface area contributed by atoms with E-state index in [4.69, 9.17) is 17.0 Å². The van der Waals surface area contributed by atoms with Gasteiger partial charge in [0.25, 0.3) is 0 Å². The van der Waals surface area contributed by atoms with E-state index in [1.807, 2.05) is 35.1 Å². The van der Waals surface area contributed by atoms with Crippen LogP contribution in [-0.2, 0) is 6.54 Å². The molecule has 1 unspecified atom stereocenters. The van der Waals surface area contributed by atoms with Gasteiger partial charge < -0.3 is 14.3 Å². The number of para-hydroxylation sites is 1. The molecule has 2 aromatic heterocycles. The molecule has 0 aliphatic heterocycles. The smallest absolute Gasteiger partial charge is 0.178 e. The lowest BCUT2D eigenvalue weighted by atomic mass is 10.2. The van der Waals surface area contributed by atoms with Crippen LogP contribution >= 0.6 is 12.2 Å². The van der Waals surface area contributed by atoms with Crippen molar-refractivity contribution in [1.29, 1.82) is 0 Å². The maximum Gasteiger partial charge on any atom is 0.178 e. The van der Waals surface area contributed by atoms with Crippen LogP contribution in [0, 0.1) is 4.77 Å². The molecule has 0 radical (unpaired) electrons. The minimum atomic E-state index is 0.197. The van der Waals surface area contributed by atoms with Crippen LogP contribution in [0.3, 0.4) is 0 Å². The van der Waals surface area contributed by atoms with Gasteiger partial charge in [-0.1, -0.05) is 6.07 Å². The number of H-pyrrole nitrogens is 1. The zero-order chi connectivity index (χ0) is 14.1. The van der Waals surface area contributed by atoms with E-state index < -0.39 is 0 Å². The molecule has 3 aromatic rings. The Bertz CT molecular complexity index is 772. The highest BCUT2D eigenvalue weighted by Crippen LogP contribution is 2.27. The Morgan fingerprint density at radius 1 is 1.40 bits per heavy atom. The number of methoxy groups -OCH3 is 1. The molecule has 6 heteroatoms. The number of benzene rings is 1. The van der Waals surface area contributed by atoms with Gasteiger partial charge in [0.1, 0.15) is 11.3 Å².